The fourth-order valence-corrected chi connectivity index (χ4v) is 2.05. The van der Waals surface area contributed by atoms with Gasteiger partial charge < -0.3 is 15.3 Å². The first kappa shape index (κ1) is 15.2. The van der Waals surface area contributed by atoms with Crippen molar-refractivity contribution in [2.45, 2.75) is 32.9 Å². The SMILES string of the molecule is Cc1ccc(C(O)C(C)NCCN(C)C)c(C)c1. The van der Waals surface area contributed by atoms with Crippen LogP contribution in [0.1, 0.15) is 29.7 Å². The van der Waals surface area contributed by atoms with E-state index in [0.29, 0.717) is 0 Å². The van der Waals surface area contributed by atoms with Gasteiger partial charge in [0.2, 0.25) is 0 Å². The van der Waals surface area contributed by atoms with Gasteiger partial charge in [-0.25, -0.2) is 0 Å². The van der Waals surface area contributed by atoms with Crippen molar-refractivity contribution < 1.29 is 5.11 Å². The van der Waals surface area contributed by atoms with Crippen LogP contribution < -0.4 is 5.32 Å². The summed E-state index contributed by atoms with van der Waals surface area (Å²) in [5, 5.41) is 13.7. The second-order valence-electron chi connectivity index (χ2n) is 5.35. The third-order valence-electron chi connectivity index (χ3n) is 3.24. The number of hydrogen-bond acceptors (Lipinski definition) is 3. The molecule has 0 aromatic heterocycles. The molecule has 1 aromatic carbocycles. The number of benzene rings is 1. The Bertz CT molecular complexity index is 377. The van der Waals surface area contributed by atoms with Gasteiger partial charge in [-0.05, 0) is 46.0 Å². The molecule has 0 radical (unpaired) electrons. The van der Waals surface area contributed by atoms with Crippen LogP contribution in [0.3, 0.4) is 0 Å². The fourth-order valence-electron chi connectivity index (χ4n) is 2.05. The normalized spacial score (nSPS) is 14.8. The van der Waals surface area contributed by atoms with E-state index in [1.54, 1.807) is 0 Å². The third kappa shape index (κ3) is 4.41. The summed E-state index contributed by atoms with van der Waals surface area (Å²) in [6.45, 7) is 8.01. The average Bonchev–Trinajstić information content (AvgIpc) is 2.27. The molecular formula is C15H26N2O. The maximum atomic E-state index is 10.3. The molecule has 0 saturated carbocycles. The smallest absolute Gasteiger partial charge is 0.0942 e. The van der Waals surface area contributed by atoms with Gasteiger partial charge in [-0.1, -0.05) is 23.8 Å². The highest BCUT2D eigenvalue weighted by atomic mass is 16.3. The molecule has 2 atom stereocenters. The molecule has 0 heterocycles. The van der Waals surface area contributed by atoms with E-state index < -0.39 is 6.10 Å². The first-order valence-corrected chi connectivity index (χ1v) is 6.55. The van der Waals surface area contributed by atoms with Crippen molar-refractivity contribution in [3.05, 3.63) is 34.9 Å². The van der Waals surface area contributed by atoms with E-state index >= 15 is 0 Å². The van der Waals surface area contributed by atoms with Gasteiger partial charge in [0, 0.05) is 19.1 Å². The minimum atomic E-state index is -0.451. The van der Waals surface area contributed by atoms with Gasteiger partial charge in [-0.15, -0.1) is 0 Å². The number of rotatable bonds is 6. The highest BCUT2D eigenvalue weighted by Crippen LogP contribution is 2.21. The van der Waals surface area contributed by atoms with E-state index in [1.807, 2.05) is 27.1 Å². The molecule has 0 aliphatic heterocycles. The van der Waals surface area contributed by atoms with Crippen molar-refractivity contribution in [2.24, 2.45) is 0 Å². The molecule has 2 unspecified atom stereocenters. The van der Waals surface area contributed by atoms with E-state index in [0.717, 1.165) is 24.2 Å². The van der Waals surface area contributed by atoms with Gasteiger partial charge in [0.1, 0.15) is 0 Å². The van der Waals surface area contributed by atoms with Crippen molar-refractivity contribution >= 4 is 0 Å². The lowest BCUT2D eigenvalue weighted by molar-refractivity contribution is 0.134. The van der Waals surface area contributed by atoms with Crippen molar-refractivity contribution in [1.82, 2.24) is 10.2 Å². The fraction of sp³-hybridized carbons (Fsp3) is 0.600. The third-order valence-corrected chi connectivity index (χ3v) is 3.24. The van der Waals surface area contributed by atoms with Crippen LogP contribution in [0.15, 0.2) is 18.2 Å². The predicted molar refractivity (Wildman–Crippen MR) is 76.9 cm³/mol. The molecule has 0 bridgehead atoms. The quantitative estimate of drug-likeness (QED) is 0.809. The van der Waals surface area contributed by atoms with Crippen molar-refractivity contribution in [2.75, 3.05) is 27.2 Å². The van der Waals surface area contributed by atoms with E-state index in [4.69, 9.17) is 0 Å². The summed E-state index contributed by atoms with van der Waals surface area (Å²) in [7, 11) is 4.10. The monoisotopic (exact) mass is 250 g/mol. The molecule has 0 fully saturated rings. The molecule has 0 saturated heterocycles. The zero-order valence-electron chi connectivity index (χ0n) is 12.2. The molecule has 2 N–H and O–H groups in total. The van der Waals surface area contributed by atoms with Crippen LogP contribution in [0.25, 0.3) is 0 Å². The van der Waals surface area contributed by atoms with Crippen molar-refractivity contribution in [1.29, 1.82) is 0 Å². The Kier molecular flexibility index (Phi) is 5.79. The highest BCUT2D eigenvalue weighted by molar-refractivity contribution is 5.32. The zero-order valence-corrected chi connectivity index (χ0v) is 12.2. The van der Waals surface area contributed by atoms with Crippen LogP contribution in [0, 0.1) is 13.8 Å². The Hall–Kier alpha value is -0.900. The molecule has 18 heavy (non-hydrogen) atoms. The number of aliphatic hydroxyl groups excluding tert-OH is 1. The maximum Gasteiger partial charge on any atom is 0.0942 e. The largest absolute Gasteiger partial charge is 0.387 e. The molecule has 0 aliphatic carbocycles. The van der Waals surface area contributed by atoms with E-state index in [1.165, 1.54) is 5.56 Å². The average molecular weight is 250 g/mol. The van der Waals surface area contributed by atoms with E-state index in [-0.39, 0.29) is 6.04 Å². The maximum absolute atomic E-state index is 10.3. The summed E-state index contributed by atoms with van der Waals surface area (Å²) in [6.07, 6.45) is -0.451. The van der Waals surface area contributed by atoms with Crippen LogP contribution in [0.4, 0.5) is 0 Å². The number of nitrogens with one attached hydrogen (secondary N) is 1. The summed E-state index contributed by atoms with van der Waals surface area (Å²) in [5.74, 6) is 0. The van der Waals surface area contributed by atoms with Gasteiger partial charge >= 0.3 is 0 Å². The van der Waals surface area contributed by atoms with Gasteiger partial charge in [0.05, 0.1) is 6.10 Å². The number of hydrogen-bond donors (Lipinski definition) is 2. The lowest BCUT2D eigenvalue weighted by Gasteiger charge is -2.23. The van der Waals surface area contributed by atoms with Gasteiger partial charge in [0.15, 0.2) is 0 Å². The van der Waals surface area contributed by atoms with E-state index in [2.05, 4.69) is 36.2 Å². The Labute approximate surface area is 111 Å². The molecule has 0 spiro atoms. The van der Waals surface area contributed by atoms with Crippen LogP contribution >= 0.6 is 0 Å². The summed E-state index contributed by atoms with van der Waals surface area (Å²) < 4.78 is 0. The van der Waals surface area contributed by atoms with Crippen LogP contribution in [-0.4, -0.2) is 43.2 Å². The molecule has 0 aliphatic rings. The first-order valence-electron chi connectivity index (χ1n) is 6.55. The van der Waals surface area contributed by atoms with Gasteiger partial charge in [-0.2, -0.15) is 0 Å². The van der Waals surface area contributed by atoms with Gasteiger partial charge in [0.25, 0.3) is 0 Å². The summed E-state index contributed by atoms with van der Waals surface area (Å²) in [6, 6.07) is 6.26. The summed E-state index contributed by atoms with van der Waals surface area (Å²) >= 11 is 0. The molecule has 0 amide bonds. The molecule has 3 heteroatoms. The molecule has 102 valence electrons. The zero-order chi connectivity index (χ0) is 13.7. The van der Waals surface area contributed by atoms with E-state index in [9.17, 15) is 5.11 Å². The topological polar surface area (TPSA) is 35.5 Å². The molecule has 1 rings (SSSR count). The number of aliphatic hydroxyl groups is 1. The molecular weight excluding hydrogens is 224 g/mol. The predicted octanol–water partition coefficient (Wildman–Crippen LogP) is 1.88. The molecule has 1 aromatic rings. The Morgan fingerprint density at radius 3 is 2.50 bits per heavy atom. The highest BCUT2D eigenvalue weighted by Gasteiger charge is 2.17. The van der Waals surface area contributed by atoms with Crippen LogP contribution in [-0.2, 0) is 0 Å². The van der Waals surface area contributed by atoms with Crippen LogP contribution in [0.2, 0.25) is 0 Å². The Balaban J connectivity index is 2.59. The first-order chi connectivity index (χ1) is 8.41. The van der Waals surface area contributed by atoms with Gasteiger partial charge in [-0.3, -0.25) is 0 Å². The number of likely N-dealkylation sites (N-methyl/N-ethyl adjacent to an activating group) is 1. The summed E-state index contributed by atoms with van der Waals surface area (Å²) in [4.78, 5) is 2.13. The lowest BCUT2D eigenvalue weighted by Crippen LogP contribution is -2.37. The van der Waals surface area contributed by atoms with Crippen LogP contribution in [0.5, 0.6) is 0 Å². The lowest BCUT2D eigenvalue weighted by atomic mass is 9.97. The van der Waals surface area contributed by atoms with Crippen molar-refractivity contribution in [3.8, 4) is 0 Å². The number of aryl methyl sites for hydroxylation is 2. The Morgan fingerprint density at radius 1 is 1.28 bits per heavy atom. The van der Waals surface area contributed by atoms with Crippen molar-refractivity contribution in [3.63, 3.8) is 0 Å². The minimum Gasteiger partial charge on any atom is -0.387 e. The minimum absolute atomic E-state index is 0.0614. The second-order valence-corrected chi connectivity index (χ2v) is 5.35. The Morgan fingerprint density at radius 2 is 1.94 bits per heavy atom. The second kappa shape index (κ2) is 6.88. The standard InChI is InChI=1S/C15H26N2O/c1-11-6-7-14(12(2)10-11)15(18)13(3)16-8-9-17(4)5/h6-7,10,13,15-16,18H,8-9H2,1-5H3. The molecule has 3 nitrogen and oxygen atoms in total. The number of nitrogens with zero attached hydrogens (tertiary/aromatic N) is 1. The summed E-state index contributed by atoms with van der Waals surface area (Å²) in [5.41, 5.74) is 3.41.